The van der Waals surface area contributed by atoms with Gasteiger partial charge in [-0.25, -0.2) is 4.79 Å². The summed E-state index contributed by atoms with van der Waals surface area (Å²) in [6.45, 7) is 5.43. The number of hydrogen-bond donors (Lipinski definition) is 1. The third-order valence-corrected chi connectivity index (χ3v) is 6.03. The van der Waals surface area contributed by atoms with Gasteiger partial charge in [-0.05, 0) is 48.8 Å². The van der Waals surface area contributed by atoms with E-state index < -0.39 is 0 Å². The number of ether oxygens (including phenoxy) is 1. The van der Waals surface area contributed by atoms with Gasteiger partial charge in [0, 0.05) is 12.6 Å². The first-order chi connectivity index (χ1) is 11.6. The highest BCUT2D eigenvalue weighted by molar-refractivity contribution is 5.75. The van der Waals surface area contributed by atoms with E-state index in [9.17, 15) is 4.79 Å². The number of urea groups is 1. The molecule has 0 radical (unpaired) electrons. The Hall–Kier alpha value is -1.71. The summed E-state index contributed by atoms with van der Waals surface area (Å²) in [6, 6.07) is 8.74. The molecule has 4 unspecified atom stereocenters. The SMILES string of the molecule is COc1ccc(C2CCCN2C(=O)NC2CCCC(C)C2C)cc1. The first-order valence-corrected chi connectivity index (χ1v) is 9.31. The van der Waals surface area contributed by atoms with E-state index in [2.05, 4.69) is 31.3 Å². The number of benzene rings is 1. The molecule has 1 aromatic carbocycles. The fourth-order valence-electron chi connectivity index (χ4n) is 4.21. The molecule has 4 atom stereocenters. The van der Waals surface area contributed by atoms with Crippen molar-refractivity contribution in [2.45, 2.75) is 58.0 Å². The molecule has 4 nitrogen and oxygen atoms in total. The molecule has 0 spiro atoms. The van der Waals surface area contributed by atoms with Gasteiger partial charge < -0.3 is 15.0 Å². The highest BCUT2D eigenvalue weighted by Gasteiger charge is 2.33. The second-order valence-corrected chi connectivity index (χ2v) is 7.45. The van der Waals surface area contributed by atoms with Crippen molar-refractivity contribution in [2.24, 2.45) is 11.8 Å². The fraction of sp³-hybridized carbons (Fsp3) is 0.650. The Morgan fingerprint density at radius 1 is 1.12 bits per heavy atom. The van der Waals surface area contributed by atoms with Gasteiger partial charge in [0.15, 0.2) is 0 Å². The van der Waals surface area contributed by atoms with Gasteiger partial charge in [0.05, 0.1) is 13.2 Å². The highest BCUT2D eigenvalue weighted by Crippen LogP contribution is 2.34. The van der Waals surface area contributed by atoms with Crippen LogP contribution < -0.4 is 10.1 Å². The largest absolute Gasteiger partial charge is 0.497 e. The monoisotopic (exact) mass is 330 g/mol. The lowest BCUT2D eigenvalue weighted by atomic mass is 9.78. The van der Waals surface area contributed by atoms with Crippen LogP contribution in [0, 0.1) is 11.8 Å². The minimum absolute atomic E-state index is 0.110. The van der Waals surface area contributed by atoms with Crippen molar-refractivity contribution in [2.75, 3.05) is 13.7 Å². The van der Waals surface area contributed by atoms with E-state index in [-0.39, 0.29) is 12.1 Å². The second kappa shape index (κ2) is 7.45. The Morgan fingerprint density at radius 2 is 1.88 bits per heavy atom. The standard InChI is InChI=1S/C20H30N2O2/c1-14-6-4-7-18(15(14)2)21-20(23)22-13-5-8-19(22)16-9-11-17(24-3)12-10-16/h9-12,14-15,18-19H,4-8,13H2,1-3H3,(H,21,23). The predicted octanol–water partition coefficient (Wildman–Crippen LogP) is 4.37. The third-order valence-electron chi connectivity index (χ3n) is 6.03. The van der Waals surface area contributed by atoms with Gasteiger partial charge in [0.2, 0.25) is 0 Å². The molecule has 132 valence electrons. The van der Waals surface area contributed by atoms with Crippen LogP contribution in [0.4, 0.5) is 4.79 Å². The molecule has 0 aromatic heterocycles. The lowest BCUT2D eigenvalue weighted by Gasteiger charge is -2.36. The van der Waals surface area contributed by atoms with Crippen molar-refractivity contribution >= 4 is 6.03 Å². The molecule has 2 aliphatic rings. The molecular weight excluding hydrogens is 300 g/mol. The van der Waals surface area contributed by atoms with Crippen molar-refractivity contribution in [3.8, 4) is 5.75 Å². The van der Waals surface area contributed by atoms with E-state index in [1.807, 2.05) is 17.0 Å². The summed E-state index contributed by atoms with van der Waals surface area (Å²) in [6.07, 6.45) is 5.72. The smallest absolute Gasteiger partial charge is 0.318 e. The fourth-order valence-corrected chi connectivity index (χ4v) is 4.21. The number of carbonyl (C=O) groups excluding carboxylic acids is 1. The van der Waals surface area contributed by atoms with Gasteiger partial charge in [-0.2, -0.15) is 0 Å². The lowest BCUT2D eigenvalue weighted by Crippen LogP contribution is -2.49. The van der Waals surface area contributed by atoms with Crippen molar-refractivity contribution in [3.05, 3.63) is 29.8 Å². The zero-order valence-electron chi connectivity index (χ0n) is 15.1. The third kappa shape index (κ3) is 3.52. The molecular formula is C20H30N2O2. The van der Waals surface area contributed by atoms with Gasteiger partial charge >= 0.3 is 6.03 Å². The molecule has 0 bridgehead atoms. The quantitative estimate of drug-likeness (QED) is 0.894. The normalized spacial score (nSPS) is 30.2. The van der Waals surface area contributed by atoms with E-state index in [1.165, 1.54) is 18.4 Å². The number of nitrogens with one attached hydrogen (secondary N) is 1. The van der Waals surface area contributed by atoms with Crippen molar-refractivity contribution in [1.29, 1.82) is 0 Å². The summed E-state index contributed by atoms with van der Waals surface area (Å²) in [5.41, 5.74) is 1.20. The van der Waals surface area contributed by atoms with Gasteiger partial charge in [-0.15, -0.1) is 0 Å². The van der Waals surface area contributed by atoms with Crippen LogP contribution in [-0.4, -0.2) is 30.6 Å². The zero-order valence-corrected chi connectivity index (χ0v) is 15.1. The van der Waals surface area contributed by atoms with Crippen LogP contribution in [0.25, 0.3) is 0 Å². The van der Waals surface area contributed by atoms with Gasteiger partial charge in [-0.3, -0.25) is 0 Å². The molecule has 3 rings (SSSR count). The molecule has 1 N–H and O–H groups in total. The van der Waals surface area contributed by atoms with Crippen molar-refractivity contribution in [3.63, 3.8) is 0 Å². The number of amides is 2. The topological polar surface area (TPSA) is 41.6 Å². The van der Waals surface area contributed by atoms with Gasteiger partial charge in [0.1, 0.15) is 5.75 Å². The minimum atomic E-state index is 0.110. The van der Waals surface area contributed by atoms with Crippen LogP contribution in [0.15, 0.2) is 24.3 Å². The van der Waals surface area contributed by atoms with Crippen LogP contribution in [0.2, 0.25) is 0 Å². The molecule has 4 heteroatoms. The van der Waals surface area contributed by atoms with E-state index >= 15 is 0 Å². The second-order valence-electron chi connectivity index (χ2n) is 7.45. The first kappa shape index (κ1) is 17.1. The molecule has 2 amide bonds. The van der Waals surface area contributed by atoms with E-state index in [1.54, 1.807) is 7.11 Å². The molecule has 1 aromatic rings. The number of methoxy groups -OCH3 is 1. The number of likely N-dealkylation sites (tertiary alicyclic amines) is 1. The molecule has 1 saturated carbocycles. The summed E-state index contributed by atoms with van der Waals surface area (Å²) in [7, 11) is 1.68. The summed E-state index contributed by atoms with van der Waals surface area (Å²) >= 11 is 0. The maximum atomic E-state index is 12.9. The minimum Gasteiger partial charge on any atom is -0.497 e. The van der Waals surface area contributed by atoms with Crippen LogP contribution in [0.5, 0.6) is 5.75 Å². The maximum absolute atomic E-state index is 12.9. The summed E-state index contributed by atoms with van der Waals surface area (Å²) in [4.78, 5) is 14.9. The number of rotatable bonds is 3. The molecule has 2 fully saturated rings. The summed E-state index contributed by atoms with van der Waals surface area (Å²) in [5.74, 6) is 2.11. The number of carbonyl (C=O) groups is 1. The Bertz CT molecular complexity index is 557. The first-order valence-electron chi connectivity index (χ1n) is 9.31. The van der Waals surface area contributed by atoms with Gasteiger partial charge in [-0.1, -0.05) is 38.8 Å². The molecule has 1 heterocycles. The van der Waals surface area contributed by atoms with Crippen molar-refractivity contribution in [1.82, 2.24) is 10.2 Å². The predicted molar refractivity (Wildman–Crippen MR) is 96.2 cm³/mol. The number of nitrogens with zero attached hydrogens (tertiary/aromatic N) is 1. The van der Waals surface area contributed by atoms with E-state index in [0.29, 0.717) is 17.9 Å². The number of hydrogen-bond acceptors (Lipinski definition) is 2. The molecule has 1 saturated heterocycles. The summed E-state index contributed by atoms with van der Waals surface area (Å²) < 4.78 is 5.24. The average Bonchev–Trinajstić information content (AvgIpc) is 3.09. The summed E-state index contributed by atoms with van der Waals surface area (Å²) in [5, 5.41) is 3.33. The van der Waals surface area contributed by atoms with Crippen LogP contribution >= 0.6 is 0 Å². The van der Waals surface area contributed by atoms with Crippen LogP contribution in [0.3, 0.4) is 0 Å². The maximum Gasteiger partial charge on any atom is 0.318 e. The van der Waals surface area contributed by atoms with Gasteiger partial charge in [0.25, 0.3) is 0 Å². The van der Waals surface area contributed by atoms with Crippen LogP contribution in [0.1, 0.15) is 57.6 Å². The lowest BCUT2D eigenvalue weighted by molar-refractivity contribution is 0.164. The van der Waals surface area contributed by atoms with E-state index in [0.717, 1.165) is 31.6 Å². The highest BCUT2D eigenvalue weighted by atomic mass is 16.5. The molecule has 1 aliphatic carbocycles. The zero-order chi connectivity index (χ0) is 17.1. The van der Waals surface area contributed by atoms with Crippen LogP contribution in [-0.2, 0) is 0 Å². The average molecular weight is 330 g/mol. The molecule has 24 heavy (non-hydrogen) atoms. The van der Waals surface area contributed by atoms with Crippen molar-refractivity contribution < 1.29 is 9.53 Å². The Kier molecular flexibility index (Phi) is 5.32. The molecule has 1 aliphatic heterocycles. The van der Waals surface area contributed by atoms with E-state index in [4.69, 9.17) is 4.74 Å². The Morgan fingerprint density at radius 3 is 2.58 bits per heavy atom. The Balaban J connectivity index is 1.66. The Labute approximate surface area is 145 Å².